The van der Waals surface area contributed by atoms with Gasteiger partial charge in [-0.15, -0.1) is 0 Å². The average molecular weight is 288 g/mol. The molecule has 0 aliphatic heterocycles. The maximum Gasteiger partial charge on any atom is 0.243 e. The van der Waals surface area contributed by atoms with Crippen molar-refractivity contribution in [2.75, 3.05) is 25.1 Å². The van der Waals surface area contributed by atoms with Crippen molar-refractivity contribution in [3.8, 4) is 0 Å². The Balaban J connectivity index is 2.29. The first-order valence-electron chi connectivity index (χ1n) is 4.81. The summed E-state index contributed by atoms with van der Waals surface area (Å²) in [5, 5.41) is 3.08. The summed E-state index contributed by atoms with van der Waals surface area (Å²) in [6.45, 7) is 2.90. The van der Waals surface area contributed by atoms with E-state index in [2.05, 4.69) is 26.2 Å². The molecule has 0 fully saturated rings. The molecule has 0 atom stereocenters. The molecule has 5 nitrogen and oxygen atoms in total. The van der Waals surface area contributed by atoms with Crippen LogP contribution in [-0.2, 0) is 9.53 Å². The van der Waals surface area contributed by atoms with Gasteiger partial charge in [-0.1, -0.05) is 0 Å². The van der Waals surface area contributed by atoms with Crippen LogP contribution in [0.15, 0.2) is 16.7 Å². The molecular weight excluding hydrogens is 274 g/mol. The molecule has 3 N–H and O–H groups in total. The third-order valence-electron chi connectivity index (χ3n) is 1.76. The number of primary amides is 1. The van der Waals surface area contributed by atoms with Gasteiger partial charge in [0.1, 0.15) is 12.4 Å². The number of hydrogen-bond acceptors (Lipinski definition) is 4. The van der Waals surface area contributed by atoms with E-state index in [1.807, 2.05) is 13.0 Å². The standard InChI is InChI=1S/C10H14BrN3O2/c1-7-4-8(11)10(14-5-7)13-2-3-16-6-9(12)15/h4-5H,2-3,6H2,1H3,(H2,12,15)(H,13,14). The van der Waals surface area contributed by atoms with Gasteiger partial charge in [0.05, 0.1) is 11.1 Å². The molecule has 0 aliphatic carbocycles. The topological polar surface area (TPSA) is 77.2 Å². The first-order valence-corrected chi connectivity index (χ1v) is 5.61. The van der Waals surface area contributed by atoms with E-state index in [-0.39, 0.29) is 6.61 Å². The Morgan fingerprint density at radius 1 is 1.69 bits per heavy atom. The maximum atomic E-state index is 10.4. The van der Waals surface area contributed by atoms with Gasteiger partial charge in [0.15, 0.2) is 0 Å². The van der Waals surface area contributed by atoms with Gasteiger partial charge in [-0.3, -0.25) is 4.79 Å². The molecule has 1 rings (SSSR count). The van der Waals surface area contributed by atoms with Crippen LogP contribution in [0.2, 0.25) is 0 Å². The van der Waals surface area contributed by atoms with Crippen molar-refractivity contribution in [1.29, 1.82) is 0 Å². The van der Waals surface area contributed by atoms with Gasteiger partial charge in [0.2, 0.25) is 5.91 Å². The normalized spacial score (nSPS) is 10.1. The lowest BCUT2D eigenvalue weighted by atomic mass is 10.3. The summed E-state index contributed by atoms with van der Waals surface area (Å²) in [7, 11) is 0. The molecule has 0 aromatic carbocycles. The second kappa shape index (κ2) is 6.44. The van der Waals surface area contributed by atoms with Crippen molar-refractivity contribution in [3.05, 3.63) is 22.3 Å². The quantitative estimate of drug-likeness (QED) is 0.767. The predicted molar refractivity (Wildman–Crippen MR) is 65.2 cm³/mol. The number of aryl methyl sites for hydroxylation is 1. The second-order valence-corrected chi connectivity index (χ2v) is 4.14. The monoisotopic (exact) mass is 287 g/mol. The van der Waals surface area contributed by atoms with Crippen molar-refractivity contribution >= 4 is 27.7 Å². The summed E-state index contributed by atoms with van der Waals surface area (Å²) < 4.78 is 5.91. The largest absolute Gasteiger partial charge is 0.370 e. The minimum absolute atomic E-state index is 0.0514. The van der Waals surface area contributed by atoms with E-state index in [1.54, 1.807) is 6.20 Å². The van der Waals surface area contributed by atoms with Crippen LogP contribution >= 0.6 is 15.9 Å². The highest BCUT2D eigenvalue weighted by atomic mass is 79.9. The number of nitrogens with zero attached hydrogens (tertiary/aromatic N) is 1. The number of ether oxygens (including phenoxy) is 1. The molecule has 0 spiro atoms. The summed E-state index contributed by atoms with van der Waals surface area (Å²) in [6.07, 6.45) is 1.78. The molecule has 16 heavy (non-hydrogen) atoms. The van der Waals surface area contributed by atoms with Crippen molar-refractivity contribution < 1.29 is 9.53 Å². The minimum atomic E-state index is -0.463. The lowest BCUT2D eigenvalue weighted by Crippen LogP contribution is -2.20. The van der Waals surface area contributed by atoms with E-state index in [9.17, 15) is 4.79 Å². The van der Waals surface area contributed by atoms with Gasteiger partial charge in [0.25, 0.3) is 0 Å². The first kappa shape index (κ1) is 12.9. The highest BCUT2D eigenvalue weighted by Gasteiger charge is 2.00. The van der Waals surface area contributed by atoms with E-state index in [1.165, 1.54) is 0 Å². The summed E-state index contributed by atoms with van der Waals surface area (Å²) in [5.74, 6) is 0.294. The number of hydrogen-bond donors (Lipinski definition) is 2. The summed E-state index contributed by atoms with van der Waals surface area (Å²) in [4.78, 5) is 14.6. The molecule has 0 unspecified atom stereocenters. The van der Waals surface area contributed by atoms with Gasteiger partial charge >= 0.3 is 0 Å². The van der Waals surface area contributed by atoms with Crippen LogP contribution in [0.5, 0.6) is 0 Å². The van der Waals surface area contributed by atoms with Crippen LogP contribution in [-0.4, -0.2) is 30.6 Å². The minimum Gasteiger partial charge on any atom is -0.370 e. The van der Waals surface area contributed by atoms with Crippen molar-refractivity contribution in [3.63, 3.8) is 0 Å². The molecule has 88 valence electrons. The Kier molecular flexibility index (Phi) is 5.21. The second-order valence-electron chi connectivity index (χ2n) is 3.29. The number of nitrogens with two attached hydrogens (primary N) is 1. The zero-order chi connectivity index (χ0) is 12.0. The molecule has 0 radical (unpaired) electrons. The van der Waals surface area contributed by atoms with Gasteiger partial charge in [-0.25, -0.2) is 4.98 Å². The Morgan fingerprint density at radius 2 is 2.44 bits per heavy atom. The number of anilines is 1. The highest BCUT2D eigenvalue weighted by Crippen LogP contribution is 2.19. The number of nitrogens with one attached hydrogen (secondary N) is 1. The Labute approximate surface area is 103 Å². The molecule has 0 saturated heterocycles. The van der Waals surface area contributed by atoms with E-state index >= 15 is 0 Å². The number of amides is 1. The molecule has 1 amide bonds. The molecule has 1 aromatic rings. The lowest BCUT2D eigenvalue weighted by molar-refractivity contribution is -0.122. The van der Waals surface area contributed by atoms with Crippen LogP contribution in [0.25, 0.3) is 0 Å². The Bertz CT molecular complexity index is 371. The first-order chi connectivity index (χ1) is 7.59. The van der Waals surface area contributed by atoms with E-state index < -0.39 is 5.91 Å². The van der Waals surface area contributed by atoms with Crippen molar-refractivity contribution in [1.82, 2.24) is 4.98 Å². The Morgan fingerprint density at radius 3 is 3.06 bits per heavy atom. The number of carbonyl (C=O) groups excluding carboxylic acids is 1. The van der Waals surface area contributed by atoms with E-state index in [4.69, 9.17) is 10.5 Å². The highest BCUT2D eigenvalue weighted by molar-refractivity contribution is 9.10. The number of rotatable bonds is 6. The fraction of sp³-hybridized carbons (Fsp3) is 0.400. The zero-order valence-electron chi connectivity index (χ0n) is 9.00. The van der Waals surface area contributed by atoms with Crippen LogP contribution in [0.4, 0.5) is 5.82 Å². The molecule has 0 saturated carbocycles. The Hall–Kier alpha value is -1.14. The van der Waals surface area contributed by atoms with Gasteiger partial charge in [-0.05, 0) is 34.5 Å². The van der Waals surface area contributed by atoms with E-state index in [0.29, 0.717) is 13.2 Å². The lowest BCUT2D eigenvalue weighted by Gasteiger charge is -2.07. The van der Waals surface area contributed by atoms with Crippen LogP contribution in [0.3, 0.4) is 0 Å². The van der Waals surface area contributed by atoms with Gasteiger partial charge in [0, 0.05) is 12.7 Å². The molecule has 6 heteroatoms. The SMILES string of the molecule is Cc1cnc(NCCOCC(N)=O)c(Br)c1. The summed E-state index contributed by atoms with van der Waals surface area (Å²) in [5.41, 5.74) is 6.01. The maximum absolute atomic E-state index is 10.4. The van der Waals surface area contributed by atoms with Gasteiger partial charge < -0.3 is 15.8 Å². The number of halogens is 1. The summed E-state index contributed by atoms with van der Waals surface area (Å²) >= 11 is 3.40. The van der Waals surface area contributed by atoms with Crippen LogP contribution in [0, 0.1) is 6.92 Å². The molecule has 1 heterocycles. The molecular formula is C10H14BrN3O2. The molecule has 0 bridgehead atoms. The third-order valence-corrected chi connectivity index (χ3v) is 2.37. The fourth-order valence-corrected chi connectivity index (χ4v) is 1.68. The average Bonchev–Trinajstić information content (AvgIpc) is 2.20. The smallest absolute Gasteiger partial charge is 0.243 e. The third kappa shape index (κ3) is 4.59. The van der Waals surface area contributed by atoms with Crippen LogP contribution < -0.4 is 11.1 Å². The van der Waals surface area contributed by atoms with Crippen molar-refractivity contribution in [2.24, 2.45) is 5.73 Å². The number of carbonyl (C=O) groups is 1. The predicted octanol–water partition coefficient (Wildman–Crippen LogP) is 1.07. The van der Waals surface area contributed by atoms with Gasteiger partial charge in [-0.2, -0.15) is 0 Å². The van der Waals surface area contributed by atoms with Crippen LogP contribution in [0.1, 0.15) is 5.56 Å². The fourth-order valence-electron chi connectivity index (χ4n) is 1.08. The number of pyridine rings is 1. The summed E-state index contributed by atoms with van der Waals surface area (Å²) in [6, 6.07) is 1.97. The van der Waals surface area contributed by atoms with Crippen molar-refractivity contribution in [2.45, 2.75) is 6.92 Å². The van der Waals surface area contributed by atoms with E-state index in [0.717, 1.165) is 15.9 Å². The number of aromatic nitrogens is 1. The zero-order valence-corrected chi connectivity index (χ0v) is 10.6. The molecule has 1 aromatic heterocycles. The molecule has 0 aliphatic rings.